The minimum atomic E-state index is -0.511. The van der Waals surface area contributed by atoms with Crippen molar-refractivity contribution in [1.82, 2.24) is 5.32 Å². The van der Waals surface area contributed by atoms with Gasteiger partial charge in [0.05, 0.1) is 10.5 Å². The van der Waals surface area contributed by atoms with Crippen molar-refractivity contribution in [1.29, 1.82) is 0 Å². The summed E-state index contributed by atoms with van der Waals surface area (Å²) >= 11 is 4.93. The highest BCUT2D eigenvalue weighted by molar-refractivity contribution is 9.10. The summed E-state index contributed by atoms with van der Waals surface area (Å²) in [5.41, 5.74) is 0.195. The fraction of sp³-hybridized carbons (Fsp3) is 0.462. The molecular weight excluding hydrogens is 344 g/mol. The summed E-state index contributed by atoms with van der Waals surface area (Å²) in [7, 11) is 0. The Hall–Kier alpha value is -1.08. The van der Waals surface area contributed by atoms with Crippen molar-refractivity contribution >= 4 is 39.3 Å². The van der Waals surface area contributed by atoms with E-state index in [0.29, 0.717) is 12.1 Å². The minimum absolute atomic E-state index is 0.0994. The number of carbonyl (C=O) groups is 1. The minimum Gasteiger partial charge on any atom is -0.352 e. The van der Waals surface area contributed by atoms with Gasteiger partial charge in [-0.1, -0.05) is 12.5 Å². The van der Waals surface area contributed by atoms with E-state index in [2.05, 4.69) is 27.5 Å². The van der Waals surface area contributed by atoms with Gasteiger partial charge < -0.3 is 5.32 Å². The Bertz CT molecular complexity index is 483. The molecule has 0 heterocycles. The van der Waals surface area contributed by atoms with Gasteiger partial charge in [-0.3, -0.25) is 14.9 Å². The molecule has 0 aliphatic carbocycles. The number of nitro benzene ring substituents is 1. The quantitative estimate of drug-likeness (QED) is 0.436. The first-order valence-electron chi connectivity index (χ1n) is 6.28. The highest BCUT2D eigenvalue weighted by atomic mass is 79.9. The van der Waals surface area contributed by atoms with E-state index in [1.54, 1.807) is 6.07 Å². The second-order valence-corrected chi connectivity index (χ2v) is 5.98. The molecule has 0 spiro atoms. The van der Waals surface area contributed by atoms with E-state index in [-0.39, 0.29) is 16.1 Å². The largest absolute Gasteiger partial charge is 0.352 e. The number of halogens is 1. The third-order valence-electron chi connectivity index (χ3n) is 2.73. The van der Waals surface area contributed by atoms with Crippen LogP contribution in [0, 0.1) is 10.1 Å². The number of nitrogens with one attached hydrogen (secondary N) is 1. The third kappa shape index (κ3) is 5.13. The molecule has 0 aliphatic heterocycles. The van der Waals surface area contributed by atoms with Crippen molar-refractivity contribution in [3.8, 4) is 0 Å². The first kappa shape index (κ1) is 17.0. The molecule has 7 heteroatoms. The molecule has 1 rings (SSSR count). The Morgan fingerprint density at radius 3 is 2.80 bits per heavy atom. The van der Waals surface area contributed by atoms with Crippen LogP contribution >= 0.6 is 27.7 Å². The molecule has 0 atom stereocenters. The van der Waals surface area contributed by atoms with Gasteiger partial charge in [0.1, 0.15) is 4.47 Å². The van der Waals surface area contributed by atoms with Gasteiger partial charge >= 0.3 is 0 Å². The van der Waals surface area contributed by atoms with Crippen LogP contribution in [0.1, 0.15) is 29.6 Å². The van der Waals surface area contributed by atoms with Crippen LogP contribution in [0.2, 0.25) is 0 Å². The fourth-order valence-electron chi connectivity index (χ4n) is 1.68. The van der Waals surface area contributed by atoms with Gasteiger partial charge in [-0.15, -0.1) is 0 Å². The number of benzene rings is 1. The molecule has 1 aromatic carbocycles. The normalized spacial score (nSPS) is 10.3. The van der Waals surface area contributed by atoms with E-state index in [4.69, 9.17) is 0 Å². The van der Waals surface area contributed by atoms with E-state index in [1.807, 2.05) is 11.8 Å². The zero-order valence-electron chi connectivity index (χ0n) is 11.2. The molecule has 5 nitrogen and oxygen atoms in total. The molecule has 0 saturated heterocycles. The highest BCUT2D eigenvalue weighted by Gasteiger charge is 2.18. The summed E-state index contributed by atoms with van der Waals surface area (Å²) < 4.78 is 0.227. The highest BCUT2D eigenvalue weighted by Crippen LogP contribution is 2.28. The Balaban J connectivity index is 2.52. The van der Waals surface area contributed by atoms with Gasteiger partial charge in [-0.2, -0.15) is 11.8 Å². The van der Waals surface area contributed by atoms with Crippen molar-refractivity contribution in [3.63, 3.8) is 0 Å². The number of hydrogen-bond donors (Lipinski definition) is 1. The lowest BCUT2D eigenvalue weighted by Crippen LogP contribution is -2.25. The summed E-state index contributed by atoms with van der Waals surface area (Å²) in [5, 5.41) is 13.6. The molecule has 0 fully saturated rings. The fourth-order valence-corrected chi connectivity index (χ4v) is 2.76. The zero-order chi connectivity index (χ0) is 15.0. The van der Waals surface area contributed by atoms with Crippen LogP contribution in [-0.4, -0.2) is 29.4 Å². The van der Waals surface area contributed by atoms with E-state index in [1.165, 1.54) is 12.1 Å². The molecule has 20 heavy (non-hydrogen) atoms. The molecule has 0 saturated carbocycles. The lowest BCUT2D eigenvalue weighted by molar-refractivity contribution is -0.385. The number of rotatable bonds is 8. The van der Waals surface area contributed by atoms with Crippen LogP contribution in [0.3, 0.4) is 0 Å². The molecule has 0 aromatic heterocycles. The average Bonchev–Trinajstić information content (AvgIpc) is 2.42. The molecule has 0 bridgehead atoms. The van der Waals surface area contributed by atoms with Gasteiger partial charge in [0.25, 0.3) is 11.6 Å². The number of nitro groups is 1. The standard InChI is InChI=1S/C13H17BrN2O3S/c1-20-9-4-2-3-8-15-13(17)10-6-5-7-11(12(10)14)16(18)19/h5-7H,2-4,8-9H2,1H3,(H,15,17). The Labute approximate surface area is 130 Å². The third-order valence-corrected chi connectivity index (χ3v) is 4.26. The number of hydrogen-bond acceptors (Lipinski definition) is 4. The van der Waals surface area contributed by atoms with Crippen molar-refractivity contribution in [2.45, 2.75) is 19.3 Å². The van der Waals surface area contributed by atoms with Gasteiger partial charge in [0.2, 0.25) is 0 Å². The van der Waals surface area contributed by atoms with Crippen LogP contribution in [0.5, 0.6) is 0 Å². The van der Waals surface area contributed by atoms with E-state index in [0.717, 1.165) is 25.0 Å². The molecule has 0 radical (unpaired) electrons. The van der Waals surface area contributed by atoms with Crippen LogP contribution in [0.4, 0.5) is 5.69 Å². The summed E-state index contributed by atoms with van der Waals surface area (Å²) in [6.07, 6.45) is 5.19. The van der Waals surface area contributed by atoms with Crippen molar-refractivity contribution in [3.05, 3.63) is 38.3 Å². The first-order valence-corrected chi connectivity index (χ1v) is 8.46. The molecule has 110 valence electrons. The maximum absolute atomic E-state index is 12.0. The monoisotopic (exact) mass is 360 g/mol. The first-order chi connectivity index (χ1) is 9.57. The Morgan fingerprint density at radius 1 is 1.40 bits per heavy atom. The van der Waals surface area contributed by atoms with Crippen LogP contribution in [0.15, 0.2) is 22.7 Å². The van der Waals surface area contributed by atoms with Crippen LogP contribution in [-0.2, 0) is 0 Å². The van der Waals surface area contributed by atoms with Crippen LogP contribution < -0.4 is 5.32 Å². The van der Waals surface area contributed by atoms with Crippen molar-refractivity contribution in [2.75, 3.05) is 18.6 Å². The second kappa shape index (κ2) is 8.97. The molecule has 1 N–H and O–H groups in total. The lowest BCUT2D eigenvalue weighted by atomic mass is 10.2. The number of thioether (sulfide) groups is 1. The number of amides is 1. The maximum atomic E-state index is 12.0. The molecular formula is C13H17BrN2O3S. The van der Waals surface area contributed by atoms with E-state index >= 15 is 0 Å². The van der Waals surface area contributed by atoms with Crippen molar-refractivity contribution < 1.29 is 9.72 Å². The Kier molecular flexibility index (Phi) is 7.61. The molecule has 1 amide bonds. The van der Waals surface area contributed by atoms with Crippen LogP contribution in [0.25, 0.3) is 0 Å². The average molecular weight is 361 g/mol. The molecule has 1 aromatic rings. The SMILES string of the molecule is CSCCCCCNC(=O)c1cccc([N+](=O)[O-])c1Br. The van der Waals surface area contributed by atoms with Gasteiger partial charge in [-0.25, -0.2) is 0 Å². The Morgan fingerprint density at radius 2 is 2.15 bits per heavy atom. The zero-order valence-corrected chi connectivity index (χ0v) is 13.6. The number of nitrogens with zero attached hydrogens (tertiary/aromatic N) is 1. The van der Waals surface area contributed by atoms with Gasteiger partial charge in [-0.05, 0) is 46.8 Å². The second-order valence-electron chi connectivity index (χ2n) is 4.21. The van der Waals surface area contributed by atoms with Gasteiger partial charge in [0, 0.05) is 12.6 Å². The summed E-state index contributed by atoms with van der Waals surface area (Å²) in [6, 6.07) is 4.44. The predicted octanol–water partition coefficient (Wildman–Crippen LogP) is 3.62. The molecule has 0 unspecified atom stereocenters. The topological polar surface area (TPSA) is 72.2 Å². The van der Waals surface area contributed by atoms with E-state index in [9.17, 15) is 14.9 Å². The number of carbonyl (C=O) groups excluding carboxylic acids is 1. The van der Waals surface area contributed by atoms with Crippen molar-refractivity contribution in [2.24, 2.45) is 0 Å². The maximum Gasteiger partial charge on any atom is 0.284 e. The lowest BCUT2D eigenvalue weighted by Gasteiger charge is -2.07. The summed E-state index contributed by atoms with van der Waals surface area (Å²) in [4.78, 5) is 22.2. The van der Waals surface area contributed by atoms with E-state index < -0.39 is 4.92 Å². The summed E-state index contributed by atoms with van der Waals surface area (Å²) in [5.74, 6) is 0.843. The molecule has 0 aliphatic rings. The predicted molar refractivity (Wildman–Crippen MR) is 85.4 cm³/mol. The smallest absolute Gasteiger partial charge is 0.284 e. The van der Waals surface area contributed by atoms with Gasteiger partial charge in [0.15, 0.2) is 0 Å². The number of unbranched alkanes of at least 4 members (excludes halogenated alkanes) is 2. The summed E-state index contributed by atoms with van der Waals surface area (Å²) in [6.45, 7) is 0.586.